The van der Waals surface area contributed by atoms with E-state index in [1.165, 1.54) is 0 Å². The zero-order valence-electron chi connectivity index (χ0n) is 5.35. The molecule has 2 N–H and O–H groups in total. The Labute approximate surface area is 49.7 Å². The Morgan fingerprint density at radius 2 is 2.38 bits per heavy atom. The summed E-state index contributed by atoms with van der Waals surface area (Å²) in [6, 6.07) is 0.0833. The summed E-state index contributed by atoms with van der Waals surface area (Å²) in [6.45, 7) is 0.692. The molecular formula is C5H13NO2. The SMILES string of the molecule is CN[C@@H](CO)COC. The maximum absolute atomic E-state index is 8.51. The number of aliphatic hydroxyl groups is 1. The third kappa shape index (κ3) is 2.96. The first-order valence-electron chi connectivity index (χ1n) is 2.62. The van der Waals surface area contributed by atoms with Crippen LogP contribution in [0.25, 0.3) is 0 Å². The molecule has 0 saturated heterocycles. The van der Waals surface area contributed by atoms with Crippen molar-refractivity contribution in [2.75, 3.05) is 27.4 Å². The molecule has 0 unspecified atom stereocenters. The van der Waals surface area contributed by atoms with Gasteiger partial charge in [-0.1, -0.05) is 0 Å². The molecule has 1 atom stereocenters. The molecule has 0 aliphatic carbocycles. The van der Waals surface area contributed by atoms with Crippen molar-refractivity contribution >= 4 is 0 Å². The van der Waals surface area contributed by atoms with Gasteiger partial charge in [-0.05, 0) is 7.05 Å². The standard InChI is InChI=1S/C5H13NO2/c1-6-5(3-7)4-8-2/h5-7H,3-4H2,1-2H3/t5-/m0/s1. The van der Waals surface area contributed by atoms with E-state index in [9.17, 15) is 0 Å². The van der Waals surface area contributed by atoms with Gasteiger partial charge in [-0.15, -0.1) is 0 Å². The van der Waals surface area contributed by atoms with E-state index >= 15 is 0 Å². The maximum atomic E-state index is 8.51. The number of hydrogen-bond acceptors (Lipinski definition) is 3. The number of rotatable bonds is 4. The second-order valence-electron chi connectivity index (χ2n) is 1.62. The lowest BCUT2D eigenvalue weighted by atomic mass is 10.3. The largest absolute Gasteiger partial charge is 0.395 e. The fourth-order valence-electron chi connectivity index (χ4n) is 0.429. The average molecular weight is 119 g/mol. The minimum atomic E-state index is 0.0833. The van der Waals surface area contributed by atoms with E-state index in [4.69, 9.17) is 9.84 Å². The molecule has 0 fully saturated rings. The van der Waals surface area contributed by atoms with Gasteiger partial charge >= 0.3 is 0 Å². The summed E-state index contributed by atoms with van der Waals surface area (Å²) in [5, 5.41) is 11.4. The number of methoxy groups -OCH3 is 1. The smallest absolute Gasteiger partial charge is 0.0638 e. The van der Waals surface area contributed by atoms with Crippen LogP contribution in [0.5, 0.6) is 0 Å². The molecule has 8 heavy (non-hydrogen) atoms. The second-order valence-corrected chi connectivity index (χ2v) is 1.62. The quantitative estimate of drug-likeness (QED) is 0.509. The molecule has 3 heteroatoms. The van der Waals surface area contributed by atoms with Gasteiger partial charge in [0.1, 0.15) is 0 Å². The van der Waals surface area contributed by atoms with Crippen molar-refractivity contribution < 1.29 is 9.84 Å². The summed E-state index contributed by atoms with van der Waals surface area (Å²) >= 11 is 0. The monoisotopic (exact) mass is 119 g/mol. The van der Waals surface area contributed by atoms with Gasteiger partial charge in [-0.25, -0.2) is 0 Å². The number of ether oxygens (including phenoxy) is 1. The summed E-state index contributed by atoms with van der Waals surface area (Å²) in [7, 11) is 3.40. The minimum absolute atomic E-state index is 0.0833. The molecule has 0 bridgehead atoms. The van der Waals surface area contributed by atoms with E-state index in [-0.39, 0.29) is 12.6 Å². The van der Waals surface area contributed by atoms with Crippen molar-refractivity contribution in [3.8, 4) is 0 Å². The van der Waals surface area contributed by atoms with Gasteiger partial charge < -0.3 is 15.2 Å². The van der Waals surface area contributed by atoms with E-state index < -0.39 is 0 Å². The Balaban J connectivity index is 3.07. The fourth-order valence-corrected chi connectivity index (χ4v) is 0.429. The highest BCUT2D eigenvalue weighted by Gasteiger charge is 1.99. The van der Waals surface area contributed by atoms with E-state index in [1.807, 2.05) is 0 Å². The molecule has 0 aliphatic heterocycles. The number of aliphatic hydroxyl groups excluding tert-OH is 1. The molecule has 3 nitrogen and oxygen atoms in total. The van der Waals surface area contributed by atoms with Crippen LogP contribution in [0.15, 0.2) is 0 Å². The van der Waals surface area contributed by atoms with Crippen molar-refractivity contribution in [1.82, 2.24) is 5.32 Å². The number of hydrogen-bond donors (Lipinski definition) is 2. The molecule has 0 heterocycles. The van der Waals surface area contributed by atoms with Crippen LogP contribution in [-0.4, -0.2) is 38.5 Å². The van der Waals surface area contributed by atoms with Crippen LogP contribution >= 0.6 is 0 Å². The van der Waals surface area contributed by atoms with E-state index in [1.54, 1.807) is 14.2 Å². The van der Waals surface area contributed by atoms with Crippen LogP contribution in [0.2, 0.25) is 0 Å². The Kier molecular flexibility index (Phi) is 4.95. The summed E-state index contributed by atoms with van der Waals surface area (Å²) < 4.78 is 4.76. The minimum Gasteiger partial charge on any atom is -0.395 e. The molecule has 0 rings (SSSR count). The zero-order chi connectivity index (χ0) is 6.41. The van der Waals surface area contributed by atoms with Crippen LogP contribution < -0.4 is 5.32 Å². The van der Waals surface area contributed by atoms with Gasteiger partial charge in [0.2, 0.25) is 0 Å². The highest BCUT2D eigenvalue weighted by Crippen LogP contribution is 1.78. The molecule has 0 aromatic heterocycles. The predicted octanol–water partition coefficient (Wildman–Crippen LogP) is -0.787. The predicted molar refractivity (Wildman–Crippen MR) is 31.8 cm³/mol. The summed E-state index contributed by atoms with van der Waals surface area (Å²) in [4.78, 5) is 0. The fraction of sp³-hybridized carbons (Fsp3) is 1.00. The van der Waals surface area contributed by atoms with Crippen molar-refractivity contribution in [1.29, 1.82) is 0 Å². The zero-order valence-corrected chi connectivity index (χ0v) is 5.35. The molecule has 0 aliphatic rings. The number of likely N-dealkylation sites (N-methyl/N-ethyl adjacent to an activating group) is 1. The van der Waals surface area contributed by atoms with Crippen LogP contribution in [0.1, 0.15) is 0 Å². The maximum Gasteiger partial charge on any atom is 0.0638 e. The van der Waals surface area contributed by atoms with Gasteiger partial charge in [0.05, 0.1) is 19.3 Å². The molecule has 0 amide bonds. The lowest BCUT2D eigenvalue weighted by molar-refractivity contribution is 0.132. The van der Waals surface area contributed by atoms with Gasteiger partial charge in [0.15, 0.2) is 0 Å². The Hall–Kier alpha value is -0.120. The first kappa shape index (κ1) is 7.88. The highest BCUT2D eigenvalue weighted by molar-refractivity contribution is 4.58. The third-order valence-corrected chi connectivity index (χ3v) is 0.996. The summed E-state index contributed by atoms with van der Waals surface area (Å²) in [6.07, 6.45) is 0. The third-order valence-electron chi connectivity index (χ3n) is 0.996. The van der Waals surface area contributed by atoms with Gasteiger partial charge in [0, 0.05) is 7.11 Å². The summed E-state index contributed by atoms with van der Waals surface area (Å²) in [5.74, 6) is 0. The van der Waals surface area contributed by atoms with Crippen LogP contribution in [0, 0.1) is 0 Å². The normalized spacial score (nSPS) is 13.9. The van der Waals surface area contributed by atoms with E-state index in [0.29, 0.717) is 6.61 Å². The van der Waals surface area contributed by atoms with Crippen molar-refractivity contribution in [2.45, 2.75) is 6.04 Å². The van der Waals surface area contributed by atoms with Crippen LogP contribution in [-0.2, 0) is 4.74 Å². The molecule has 0 spiro atoms. The molecule has 0 saturated carbocycles. The molecular weight excluding hydrogens is 106 g/mol. The van der Waals surface area contributed by atoms with Crippen molar-refractivity contribution in [3.63, 3.8) is 0 Å². The van der Waals surface area contributed by atoms with E-state index in [2.05, 4.69) is 5.32 Å². The van der Waals surface area contributed by atoms with Gasteiger partial charge in [-0.2, -0.15) is 0 Å². The molecule has 0 aromatic carbocycles. The second kappa shape index (κ2) is 5.03. The van der Waals surface area contributed by atoms with Gasteiger partial charge in [0.25, 0.3) is 0 Å². The average Bonchev–Trinajstić information content (AvgIpc) is 1.83. The first-order valence-corrected chi connectivity index (χ1v) is 2.62. The van der Waals surface area contributed by atoms with Crippen LogP contribution in [0.4, 0.5) is 0 Å². The molecule has 0 radical (unpaired) electrons. The molecule has 0 aromatic rings. The van der Waals surface area contributed by atoms with Gasteiger partial charge in [-0.3, -0.25) is 0 Å². The topological polar surface area (TPSA) is 41.5 Å². The molecule has 50 valence electrons. The van der Waals surface area contributed by atoms with Crippen molar-refractivity contribution in [2.24, 2.45) is 0 Å². The van der Waals surface area contributed by atoms with Crippen molar-refractivity contribution in [3.05, 3.63) is 0 Å². The highest BCUT2D eigenvalue weighted by atomic mass is 16.5. The summed E-state index contributed by atoms with van der Waals surface area (Å²) in [5.41, 5.74) is 0. The Morgan fingerprint density at radius 1 is 1.75 bits per heavy atom. The number of nitrogens with one attached hydrogen (secondary N) is 1. The van der Waals surface area contributed by atoms with E-state index in [0.717, 1.165) is 0 Å². The lowest BCUT2D eigenvalue weighted by Crippen LogP contribution is -2.33. The van der Waals surface area contributed by atoms with Crippen LogP contribution in [0.3, 0.4) is 0 Å². The lowest BCUT2D eigenvalue weighted by Gasteiger charge is -2.09. The Morgan fingerprint density at radius 3 is 2.50 bits per heavy atom. The first-order chi connectivity index (χ1) is 3.85. The Bertz CT molecular complexity index is 45.7.